The summed E-state index contributed by atoms with van der Waals surface area (Å²) in [6, 6.07) is 10.0. The van der Waals surface area contributed by atoms with Gasteiger partial charge in [0.25, 0.3) is 0 Å². The van der Waals surface area contributed by atoms with Crippen molar-refractivity contribution in [1.29, 1.82) is 5.26 Å². The van der Waals surface area contributed by atoms with E-state index in [1.165, 1.54) is 0 Å². The summed E-state index contributed by atoms with van der Waals surface area (Å²) in [5, 5.41) is 8.62. The van der Waals surface area contributed by atoms with E-state index in [9.17, 15) is 0 Å². The van der Waals surface area contributed by atoms with E-state index in [1.807, 2.05) is 31.2 Å². The second-order valence-corrected chi connectivity index (χ2v) is 3.26. The van der Waals surface area contributed by atoms with Gasteiger partial charge < -0.3 is 0 Å². The van der Waals surface area contributed by atoms with Crippen LogP contribution in [0.25, 0.3) is 0 Å². The minimum Gasteiger partial charge on any atom is -0.197 e. The monoisotopic (exact) mass is 209 g/mol. The van der Waals surface area contributed by atoms with Gasteiger partial charge in [-0.1, -0.05) is 40.2 Å². The van der Waals surface area contributed by atoms with E-state index in [1.54, 1.807) is 0 Å². The van der Waals surface area contributed by atoms with Crippen LogP contribution in [0.15, 0.2) is 24.3 Å². The summed E-state index contributed by atoms with van der Waals surface area (Å²) in [5.41, 5.74) is 2.20. The molecule has 1 nitrogen and oxygen atoms in total. The fraction of sp³-hybridized carbons (Fsp3) is 0.222. The maximum atomic E-state index is 8.62. The summed E-state index contributed by atoms with van der Waals surface area (Å²) in [6.45, 7) is 2.00. The van der Waals surface area contributed by atoms with Gasteiger partial charge in [-0.25, -0.2) is 0 Å². The van der Waals surface area contributed by atoms with Gasteiger partial charge in [0.15, 0.2) is 0 Å². The van der Waals surface area contributed by atoms with Crippen LogP contribution in [0.3, 0.4) is 0 Å². The zero-order valence-corrected chi connectivity index (χ0v) is 7.80. The standard InChI is InChI=1S/C9H8BrN/c1-7-4-2-3-5-8(7)9(10)6-11/h2-5,9H,1H3. The van der Waals surface area contributed by atoms with Crippen molar-refractivity contribution in [2.45, 2.75) is 11.8 Å². The minimum atomic E-state index is -0.177. The van der Waals surface area contributed by atoms with Crippen LogP contribution >= 0.6 is 15.9 Å². The van der Waals surface area contributed by atoms with Gasteiger partial charge in [0, 0.05) is 0 Å². The highest BCUT2D eigenvalue weighted by Crippen LogP contribution is 2.23. The first kappa shape index (κ1) is 8.29. The molecule has 0 fully saturated rings. The normalized spacial score (nSPS) is 12.1. The fourth-order valence-corrected chi connectivity index (χ4v) is 1.45. The molecule has 1 atom stereocenters. The quantitative estimate of drug-likeness (QED) is 0.653. The van der Waals surface area contributed by atoms with Crippen molar-refractivity contribution in [3.8, 4) is 6.07 Å². The molecule has 0 amide bonds. The van der Waals surface area contributed by atoms with Crippen molar-refractivity contribution in [1.82, 2.24) is 0 Å². The zero-order valence-electron chi connectivity index (χ0n) is 6.21. The van der Waals surface area contributed by atoms with Gasteiger partial charge in [-0.2, -0.15) is 5.26 Å². The second-order valence-electron chi connectivity index (χ2n) is 2.35. The largest absolute Gasteiger partial charge is 0.197 e. The molecule has 1 aromatic carbocycles. The first-order valence-corrected chi connectivity index (χ1v) is 4.26. The third kappa shape index (κ3) is 1.81. The Morgan fingerprint density at radius 1 is 1.45 bits per heavy atom. The Kier molecular flexibility index (Phi) is 2.67. The number of rotatable bonds is 1. The SMILES string of the molecule is Cc1ccccc1C(Br)C#N. The highest BCUT2D eigenvalue weighted by Gasteiger charge is 2.06. The Labute approximate surface area is 74.8 Å². The third-order valence-corrected chi connectivity index (χ3v) is 2.27. The van der Waals surface area contributed by atoms with Gasteiger partial charge in [-0.05, 0) is 18.1 Å². The molecule has 11 heavy (non-hydrogen) atoms. The van der Waals surface area contributed by atoms with Gasteiger partial charge in [-0.15, -0.1) is 0 Å². The number of nitrogens with zero attached hydrogens (tertiary/aromatic N) is 1. The highest BCUT2D eigenvalue weighted by molar-refractivity contribution is 9.09. The predicted molar refractivity (Wildman–Crippen MR) is 48.5 cm³/mol. The summed E-state index contributed by atoms with van der Waals surface area (Å²) in [7, 11) is 0. The number of alkyl halides is 1. The molecule has 0 spiro atoms. The lowest BCUT2D eigenvalue weighted by Gasteiger charge is -2.03. The number of hydrogen-bond donors (Lipinski definition) is 0. The van der Waals surface area contributed by atoms with E-state index in [0.717, 1.165) is 11.1 Å². The molecular weight excluding hydrogens is 202 g/mol. The van der Waals surface area contributed by atoms with E-state index in [2.05, 4.69) is 22.0 Å². The topological polar surface area (TPSA) is 23.8 Å². The first-order chi connectivity index (χ1) is 5.25. The van der Waals surface area contributed by atoms with Crippen LogP contribution in [0.4, 0.5) is 0 Å². The molecule has 2 heteroatoms. The average molecular weight is 210 g/mol. The fourth-order valence-electron chi connectivity index (χ4n) is 0.941. The molecule has 0 bridgehead atoms. The lowest BCUT2D eigenvalue weighted by molar-refractivity contribution is 1.20. The first-order valence-electron chi connectivity index (χ1n) is 3.35. The van der Waals surface area contributed by atoms with Gasteiger partial charge >= 0.3 is 0 Å². The maximum Gasteiger partial charge on any atom is 0.126 e. The molecule has 0 N–H and O–H groups in total. The summed E-state index contributed by atoms with van der Waals surface area (Å²) >= 11 is 3.27. The number of hydrogen-bond acceptors (Lipinski definition) is 1. The molecule has 1 rings (SSSR count). The summed E-state index contributed by atoms with van der Waals surface area (Å²) in [5.74, 6) is 0. The Morgan fingerprint density at radius 2 is 2.09 bits per heavy atom. The molecule has 0 radical (unpaired) electrons. The number of benzene rings is 1. The van der Waals surface area contributed by atoms with Crippen molar-refractivity contribution in [2.24, 2.45) is 0 Å². The van der Waals surface area contributed by atoms with Crippen LogP contribution in [0.5, 0.6) is 0 Å². The molecule has 0 aliphatic carbocycles. The van der Waals surface area contributed by atoms with Crippen LogP contribution in [0.2, 0.25) is 0 Å². The Balaban J connectivity index is 3.05. The number of nitriles is 1. The minimum absolute atomic E-state index is 0.177. The molecule has 1 aromatic rings. The molecule has 0 aliphatic rings. The molecule has 0 aromatic heterocycles. The molecule has 0 heterocycles. The maximum absolute atomic E-state index is 8.62. The lowest BCUT2D eigenvalue weighted by Crippen LogP contribution is -1.88. The van der Waals surface area contributed by atoms with E-state index in [-0.39, 0.29) is 4.83 Å². The van der Waals surface area contributed by atoms with E-state index < -0.39 is 0 Å². The third-order valence-electron chi connectivity index (χ3n) is 1.57. The van der Waals surface area contributed by atoms with Gasteiger partial charge in [-0.3, -0.25) is 0 Å². The zero-order chi connectivity index (χ0) is 8.27. The van der Waals surface area contributed by atoms with Crippen molar-refractivity contribution < 1.29 is 0 Å². The number of halogens is 1. The summed E-state index contributed by atoms with van der Waals surface area (Å²) < 4.78 is 0. The van der Waals surface area contributed by atoms with Crippen molar-refractivity contribution in [3.05, 3.63) is 35.4 Å². The molecule has 56 valence electrons. The lowest BCUT2D eigenvalue weighted by atomic mass is 10.1. The Morgan fingerprint density at radius 3 is 2.64 bits per heavy atom. The van der Waals surface area contributed by atoms with Crippen LogP contribution in [0, 0.1) is 18.3 Å². The van der Waals surface area contributed by atoms with E-state index in [0.29, 0.717) is 0 Å². The van der Waals surface area contributed by atoms with Crippen LogP contribution in [-0.4, -0.2) is 0 Å². The van der Waals surface area contributed by atoms with Crippen LogP contribution in [-0.2, 0) is 0 Å². The summed E-state index contributed by atoms with van der Waals surface area (Å²) in [4.78, 5) is -0.177. The van der Waals surface area contributed by atoms with Crippen molar-refractivity contribution >= 4 is 15.9 Å². The molecule has 0 saturated heterocycles. The molecule has 0 aliphatic heterocycles. The Hall–Kier alpha value is -0.810. The van der Waals surface area contributed by atoms with Gasteiger partial charge in [0.05, 0.1) is 6.07 Å². The predicted octanol–water partition coefficient (Wildman–Crippen LogP) is 2.95. The van der Waals surface area contributed by atoms with Crippen LogP contribution < -0.4 is 0 Å². The van der Waals surface area contributed by atoms with Crippen LogP contribution in [0.1, 0.15) is 16.0 Å². The van der Waals surface area contributed by atoms with Crippen molar-refractivity contribution in [2.75, 3.05) is 0 Å². The summed E-state index contributed by atoms with van der Waals surface area (Å²) in [6.07, 6.45) is 0. The molecule has 0 saturated carbocycles. The van der Waals surface area contributed by atoms with Gasteiger partial charge in [0.1, 0.15) is 4.83 Å². The number of aryl methyl sites for hydroxylation is 1. The Bertz CT molecular complexity index is 288. The molecule has 1 unspecified atom stereocenters. The van der Waals surface area contributed by atoms with Crippen molar-refractivity contribution in [3.63, 3.8) is 0 Å². The smallest absolute Gasteiger partial charge is 0.126 e. The highest BCUT2D eigenvalue weighted by atomic mass is 79.9. The average Bonchev–Trinajstić information content (AvgIpc) is 2.04. The second kappa shape index (κ2) is 3.54. The van der Waals surface area contributed by atoms with E-state index in [4.69, 9.17) is 5.26 Å². The van der Waals surface area contributed by atoms with E-state index >= 15 is 0 Å². The van der Waals surface area contributed by atoms with Gasteiger partial charge in [0.2, 0.25) is 0 Å². The molecular formula is C9H8BrN.